The molecule has 0 aliphatic rings. The molecule has 1 aromatic rings. The Morgan fingerprint density at radius 2 is 2.25 bits per heavy atom. The zero-order valence-corrected chi connectivity index (χ0v) is 8.98. The monoisotopic (exact) mass is 224 g/mol. The number of pyridine rings is 1. The fourth-order valence-corrected chi connectivity index (χ4v) is 1.15. The van der Waals surface area contributed by atoms with E-state index in [9.17, 15) is 9.59 Å². The van der Waals surface area contributed by atoms with Crippen molar-refractivity contribution in [3.63, 3.8) is 0 Å². The molecular formula is C10H12N2O4. The number of rotatable bonds is 4. The number of carboxylic acids is 1. The number of carbonyl (C=O) groups excluding carboxylic acids is 1. The smallest absolute Gasteiger partial charge is 0.354 e. The van der Waals surface area contributed by atoms with Crippen LogP contribution in [-0.4, -0.2) is 35.7 Å². The highest BCUT2D eigenvalue weighted by molar-refractivity contribution is 5.97. The molecule has 0 saturated heterocycles. The number of hydrogen-bond acceptors (Lipinski definition) is 5. The van der Waals surface area contributed by atoms with Gasteiger partial charge in [0.15, 0.2) is 0 Å². The molecule has 0 aliphatic heterocycles. The molecule has 2 N–H and O–H groups in total. The first-order valence-corrected chi connectivity index (χ1v) is 4.68. The van der Waals surface area contributed by atoms with Crippen LogP contribution in [0.2, 0.25) is 0 Å². The van der Waals surface area contributed by atoms with E-state index in [1.807, 2.05) is 0 Å². The summed E-state index contributed by atoms with van der Waals surface area (Å²) in [7, 11) is 1.59. The van der Waals surface area contributed by atoms with Crippen molar-refractivity contribution in [1.82, 2.24) is 4.98 Å². The first-order chi connectivity index (χ1) is 7.60. The fraction of sp³-hybridized carbons (Fsp3) is 0.300. The number of carboxylic acid groups (broad SMARTS) is 1. The van der Waals surface area contributed by atoms with E-state index in [2.05, 4.69) is 10.3 Å². The second-order valence-electron chi connectivity index (χ2n) is 2.89. The summed E-state index contributed by atoms with van der Waals surface area (Å²) >= 11 is 0. The van der Waals surface area contributed by atoms with Crippen molar-refractivity contribution in [1.29, 1.82) is 0 Å². The van der Waals surface area contributed by atoms with Gasteiger partial charge in [-0.3, -0.25) is 0 Å². The van der Waals surface area contributed by atoms with Crippen LogP contribution >= 0.6 is 0 Å². The van der Waals surface area contributed by atoms with Crippen LogP contribution in [0.3, 0.4) is 0 Å². The number of esters is 1. The van der Waals surface area contributed by atoms with Crippen molar-refractivity contribution in [2.45, 2.75) is 6.92 Å². The van der Waals surface area contributed by atoms with E-state index in [0.717, 1.165) is 0 Å². The number of nitrogens with one attached hydrogen (secondary N) is 1. The average molecular weight is 224 g/mol. The van der Waals surface area contributed by atoms with E-state index in [-0.39, 0.29) is 17.9 Å². The van der Waals surface area contributed by atoms with Crippen molar-refractivity contribution in [2.24, 2.45) is 0 Å². The Bertz CT molecular complexity index is 417. The highest BCUT2D eigenvalue weighted by Gasteiger charge is 2.15. The van der Waals surface area contributed by atoms with Crippen LogP contribution in [-0.2, 0) is 4.74 Å². The summed E-state index contributed by atoms with van der Waals surface area (Å²) in [5, 5.41) is 11.5. The van der Waals surface area contributed by atoms with Gasteiger partial charge in [0.05, 0.1) is 12.3 Å². The molecule has 0 aliphatic carbocycles. The molecule has 86 valence electrons. The van der Waals surface area contributed by atoms with Crippen LogP contribution in [0, 0.1) is 0 Å². The number of nitrogens with zero attached hydrogens (tertiary/aromatic N) is 1. The summed E-state index contributed by atoms with van der Waals surface area (Å²) in [6, 6.07) is 1.29. The summed E-state index contributed by atoms with van der Waals surface area (Å²) in [4.78, 5) is 25.8. The van der Waals surface area contributed by atoms with Gasteiger partial charge in [-0.15, -0.1) is 0 Å². The van der Waals surface area contributed by atoms with E-state index in [1.54, 1.807) is 14.0 Å². The first kappa shape index (κ1) is 12.0. The average Bonchev–Trinajstić information content (AvgIpc) is 2.28. The molecular weight excluding hydrogens is 212 g/mol. The zero-order chi connectivity index (χ0) is 12.1. The second kappa shape index (κ2) is 5.11. The van der Waals surface area contributed by atoms with E-state index in [0.29, 0.717) is 5.69 Å². The van der Waals surface area contributed by atoms with Gasteiger partial charge in [0.25, 0.3) is 0 Å². The van der Waals surface area contributed by atoms with Crippen molar-refractivity contribution in [3.8, 4) is 0 Å². The highest BCUT2D eigenvalue weighted by atomic mass is 16.5. The molecule has 1 heterocycles. The minimum absolute atomic E-state index is 0.127. The van der Waals surface area contributed by atoms with E-state index in [1.165, 1.54) is 12.3 Å². The Balaban J connectivity index is 3.11. The number of carbonyl (C=O) groups is 2. The van der Waals surface area contributed by atoms with Crippen LogP contribution in [0.25, 0.3) is 0 Å². The lowest BCUT2D eigenvalue weighted by molar-refractivity contribution is 0.0525. The molecule has 0 bridgehead atoms. The fourth-order valence-electron chi connectivity index (χ4n) is 1.15. The number of aromatic nitrogens is 1. The maximum absolute atomic E-state index is 11.5. The van der Waals surface area contributed by atoms with Crippen molar-refractivity contribution in [2.75, 3.05) is 19.0 Å². The summed E-state index contributed by atoms with van der Waals surface area (Å²) in [5.41, 5.74) is 0.470. The molecule has 0 saturated carbocycles. The van der Waals surface area contributed by atoms with Gasteiger partial charge in [0.1, 0.15) is 11.3 Å². The van der Waals surface area contributed by atoms with E-state index >= 15 is 0 Å². The molecule has 0 unspecified atom stereocenters. The third-order valence-corrected chi connectivity index (χ3v) is 1.89. The molecule has 1 rings (SSSR count). The lowest BCUT2D eigenvalue weighted by Crippen LogP contribution is -2.11. The number of ether oxygens (including phenoxy) is 1. The number of anilines is 1. The maximum Gasteiger partial charge on any atom is 0.354 e. The highest BCUT2D eigenvalue weighted by Crippen LogP contribution is 2.16. The molecule has 6 nitrogen and oxygen atoms in total. The van der Waals surface area contributed by atoms with Gasteiger partial charge in [-0.2, -0.15) is 0 Å². The van der Waals surface area contributed by atoms with Gasteiger partial charge in [-0.1, -0.05) is 0 Å². The number of hydrogen-bond donors (Lipinski definition) is 2. The molecule has 6 heteroatoms. The summed E-state index contributed by atoms with van der Waals surface area (Å²) in [5.74, 6) is -1.68. The summed E-state index contributed by atoms with van der Waals surface area (Å²) in [6.07, 6.45) is 1.19. The van der Waals surface area contributed by atoms with Gasteiger partial charge in [0.2, 0.25) is 0 Å². The Kier molecular flexibility index (Phi) is 3.82. The third kappa shape index (κ3) is 2.47. The molecule has 16 heavy (non-hydrogen) atoms. The Labute approximate surface area is 92.3 Å². The Morgan fingerprint density at radius 1 is 1.56 bits per heavy atom. The summed E-state index contributed by atoms with van der Waals surface area (Å²) in [6.45, 7) is 1.94. The Morgan fingerprint density at radius 3 is 2.75 bits per heavy atom. The van der Waals surface area contributed by atoms with Gasteiger partial charge in [0, 0.05) is 13.2 Å². The minimum atomic E-state index is -1.15. The molecule has 0 fully saturated rings. The van der Waals surface area contributed by atoms with Crippen LogP contribution in [0.15, 0.2) is 12.3 Å². The lowest BCUT2D eigenvalue weighted by Gasteiger charge is -2.08. The van der Waals surface area contributed by atoms with Crippen molar-refractivity contribution in [3.05, 3.63) is 23.5 Å². The second-order valence-corrected chi connectivity index (χ2v) is 2.89. The van der Waals surface area contributed by atoms with Gasteiger partial charge in [-0.25, -0.2) is 14.6 Å². The normalized spacial score (nSPS) is 9.62. The quantitative estimate of drug-likeness (QED) is 0.741. The largest absolute Gasteiger partial charge is 0.477 e. The molecule has 0 radical (unpaired) electrons. The van der Waals surface area contributed by atoms with Crippen molar-refractivity contribution < 1.29 is 19.4 Å². The van der Waals surface area contributed by atoms with E-state index in [4.69, 9.17) is 9.84 Å². The topological polar surface area (TPSA) is 88.5 Å². The molecule has 0 amide bonds. The molecule has 1 aromatic heterocycles. The maximum atomic E-state index is 11.5. The Hall–Kier alpha value is -2.11. The third-order valence-electron chi connectivity index (χ3n) is 1.89. The molecule has 0 spiro atoms. The molecule has 0 atom stereocenters. The van der Waals surface area contributed by atoms with E-state index < -0.39 is 11.9 Å². The number of aromatic carboxylic acids is 1. The van der Waals surface area contributed by atoms with Crippen LogP contribution in [0.5, 0.6) is 0 Å². The predicted molar refractivity (Wildman–Crippen MR) is 56.7 cm³/mol. The van der Waals surface area contributed by atoms with Crippen LogP contribution in [0.4, 0.5) is 5.69 Å². The van der Waals surface area contributed by atoms with Crippen LogP contribution in [0.1, 0.15) is 27.8 Å². The lowest BCUT2D eigenvalue weighted by atomic mass is 10.2. The van der Waals surface area contributed by atoms with Crippen LogP contribution < -0.4 is 5.32 Å². The predicted octanol–water partition coefficient (Wildman–Crippen LogP) is 0.998. The van der Waals surface area contributed by atoms with Gasteiger partial charge >= 0.3 is 11.9 Å². The van der Waals surface area contributed by atoms with Crippen molar-refractivity contribution >= 4 is 17.6 Å². The SMILES string of the molecule is CCOC(=O)c1cnc(C(=O)O)cc1NC. The summed E-state index contributed by atoms with van der Waals surface area (Å²) < 4.78 is 4.80. The zero-order valence-electron chi connectivity index (χ0n) is 8.98. The standard InChI is InChI=1S/C10H12N2O4/c1-3-16-10(15)6-5-12-8(9(13)14)4-7(6)11-2/h4-5H,3H2,1-2H3,(H,11,12)(H,13,14). The first-order valence-electron chi connectivity index (χ1n) is 4.68. The van der Waals surface area contributed by atoms with Gasteiger partial charge in [-0.05, 0) is 13.0 Å². The van der Waals surface area contributed by atoms with Gasteiger partial charge < -0.3 is 15.2 Å². The molecule has 0 aromatic carbocycles. The minimum Gasteiger partial charge on any atom is -0.477 e.